The van der Waals surface area contributed by atoms with Gasteiger partial charge in [0.1, 0.15) is 0 Å². The predicted molar refractivity (Wildman–Crippen MR) is 97.3 cm³/mol. The Kier molecular flexibility index (Phi) is 4.74. The van der Waals surface area contributed by atoms with Crippen LogP contribution in [0.25, 0.3) is 10.2 Å². The summed E-state index contributed by atoms with van der Waals surface area (Å²) in [6.45, 7) is 1.92. The molecule has 3 rings (SSSR count). The fourth-order valence-corrected chi connectivity index (χ4v) is 4.22. The quantitative estimate of drug-likeness (QED) is 0.688. The Labute approximate surface area is 148 Å². The van der Waals surface area contributed by atoms with Crippen LogP contribution in [0.5, 0.6) is 0 Å². The van der Waals surface area contributed by atoms with Crippen LogP contribution in [0, 0.1) is 6.92 Å². The Bertz CT molecular complexity index is 888. The SMILES string of the molecule is Cc1ccc2nc(NC(=O)CNC(=O)c3ccc(Br)s3)sc2c1. The molecule has 2 N–H and O–H groups in total. The number of rotatable bonds is 4. The number of aryl methyl sites for hydroxylation is 1. The van der Waals surface area contributed by atoms with Crippen molar-refractivity contribution in [1.82, 2.24) is 10.3 Å². The average Bonchev–Trinajstić information content (AvgIpc) is 3.10. The highest BCUT2D eigenvalue weighted by atomic mass is 79.9. The number of nitrogens with zero attached hydrogens (tertiary/aromatic N) is 1. The van der Waals surface area contributed by atoms with Crippen molar-refractivity contribution >= 4 is 65.8 Å². The highest BCUT2D eigenvalue weighted by Gasteiger charge is 2.12. The van der Waals surface area contributed by atoms with Gasteiger partial charge in [-0.1, -0.05) is 17.4 Å². The summed E-state index contributed by atoms with van der Waals surface area (Å²) in [6, 6.07) is 9.43. The number of halogens is 1. The van der Waals surface area contributed by atoms with Gasteiger partial charge in [0.15, 0.2) is 5.13 Å². The van der Waals surface area contributed by atoms with Crippen molar-refractivity contribution in [3.63, 3.8) is 0 Å². The van der Waals surface area contributed by atoms with Gasteiger partial charge in [0, 0.05) is 0 Å². The maximum absolute atomic E-state index is 11.9. The Morgan fingerprint density at radius 2 is 2.04 bits per heavy atom. The number of thiophene rings is 1. The van der Waals surface area contributed by atoms with Crippen molar-refractivity contribution in [3.8, 4) is 0 Å². The number of amides is 2. The smallest absolute Gasteiger partial charge is 0.261 e. The number of nitrogens with one attached hydrogen (secondary N) is 2. The van der Waals surface area contributed by atoms with Gasteiger partial charge in [-0.15, -0.1) is 11.3 Å². The number of carbonyl (C=O) groups excluding carboxylic acids is 2. The number of benzene rings is 1. The molecule has 3 aromatic rings. The Morgan fingerprint density at radius 1 is 1.22 bits per heavy atom. The topological polar surface area (TPSA) is 71.1 Å². The first-order valence-electron chi connectivity index (χ1n) is 6.72. The van der Waals surface area contributed by atoms with E-state index in [1.165, 1.54) is 22.7 Å². The first-order valence-corrected chi connectivity index (χ1v) is 9.14. The van der Waals surface area contributed by atoms with E-state index in [2.05, 4.69) is 31.5 Å². The maximum Gasteiger partial charge on any atom is 0.261 e. The Morgan fingerprint density at radius 3 is 2.78 bits per heavy atom. The molecule has 0 bridgehead atoms. The molecular weight excluding hydrogens is 398 g/mol. The van der Waals surface area contributed by atoms with Crippen LogP contribution in [0.1, 0.15) is 15.2 Å². The van der Waals surface area contributed by atoms with Crippen molar-refractivity contribution < 1.29 is 9.59 Å². The van der Waals surface area contributed by atoms with Gasteiger partial charge in [0.25, 0.3) is 5.91 Å². The molecule has 0 spiro atoms. The molecule has 5 nitrogen and oxygen atoms in total. The van der Waals surface area contributed by atoms with Crippen LogP contribution in [0.15, 0.2) is 34.1 Å². The van der Waals surface area contributed by atoms with Crippen LogP contribution >= 0.6 is 38.6 Å². The van der Waals surface area contributed by atoms with Gasteiger partial charge in [0.2, 0.25) is 5.91 Å². The largest absolute Gasteiger partial charge is 0.342 e. The van der Waals surface area contributed by atoms with Crippen molar-refractivity contribution in [2.75, 3.05) is 11.9 Å². The van der Waals surface area contributed by atoms with E-state index in [9.17, 15) is 9.59 Å². The van der Waals surface area contributed by atoms with E-state index in [0.717, 1.165) is 19.6 Å². The van der Waals surface area contributed by atoms with Gasteiger partial charge < -0.3 is 10.6 Å². The van der Waals surface area contributed by atoms with E-state index in [0.29, 0.717) is 10.0 Å². The van der Waals surface area contributed by atoms with E-state index >= 15 is 0 Å². The van der Waals surface area contributed by atoms with Crippen molar-refractivity contribution in [2.24, 2.45) is 0 Å². The minimum atomic E-state index is -0.301. The van der Waals surface area contributed by atoms with Crippen LogP contribution in [0.3, 0.4) is 0 Å². The van der Waals surface area contributed by atoms with Crippen molar-refractivity contribution in [1.29, 1.82) is 0 Å². The molecule has 0 saturated heterocycles. The zero-order valence-electron chi connectivity index (χ0n) is 12.1. The van der Waals surface area contributed by atoms with Crippen molar-refractivity contribution in [2.45, 2.75) is 6.92 Å². The molecule has 0 atom stereocenters. The van der Waals surface area contributed by atoms with Gasteiger partial charge in [-0.3, -0.25) is 9.59 Å². The van der Waals surface area contributed by atoms with Gasteiger partial charge in [0.05, 0.1) is 25.4 Å². The standard InChI is InChI=1S/C15H12BrN3O2S2/c1-8-2-3-9-11(6-8)23-15(18-9)19-13(20)7-17-14(21)10-4-5-12(16)22-10/h2-6H,7H2,1H3,(H,17,21)(H,18,19,20). The molecule has 0 aliphatic rings. The molecule has 0 unspecified atom stereocenters. The molecule has 118 valence electrons. The van der Waals surface area contributed by atoms with Crippen molar-refractivity contribution in [3.05, 3.63) is 44.6 Å². The second-order valence-corrected chi connectivity index (χ2v) is 8.32. The van der Waals surface area contributed by atoms with Crippen LogP contribution in [0.2, 0.25) is 0 Å². The summed E-state index contributed by atoms with van der Waals surface area (Å²) in [5, 5.41) is 5.83. The van der Waals surface area contributed by atoms with E-state index < -0.39 is 0 Å². The number of anilines is 1. The predicted octanol–water partition coefficient (Wildman–Crippen LogP) is 3.80. The number of fused-ring (bicyclic) bond motifs is 1. The maximum atomic E-state index is 11.9. The lowest BCUT2D eigenvalue weighted by Crippen LogP contribution is -2.32. The number of hydrogen-bond donors (Lipinski definition) is 2. The second-order valence-electron chi connectivity index (χ2n) is 4.82. The number of carbonyl (C=O) groups is 2. The van der Waals surface area contributed by atoms with Gasteiger partial charge >= 0.3 is 0 Å². The highest BCUT2D eigenvalue weighted by molar-refractivity contribution is 9.11. The Hall–Kier alpha value is -1.77. The molecule has 2 aromatic heterocycles. The zero-order chi connectivity index (χ0) is 16.4. The summed E-state index contributed by atoms with van der Waals surface area (Å²) in [4.78, 5) is 28.7. The normalized spacial score (nSPS) is 10.7. The van der Waals surface area contributed by atoms with E-state index in [1.54, 1.807) is 12.1 Å². The second kappa shape index (κ2) is 6.77. The third-order valence-electron chi connectivity index (χ3n) is 3.00. The fourth-order valence-electron chi connectivity index (χ4n) is 1.93. The minimum absolute atomic E-state index is 0.0939. The number of thiazole rings is 1. The molecule has 0 fully saturated rings. The first-order chi connectivity index (χ1) is 11.0. The molecule has 0 aliphatic heterocycles. The van der Waals surface area contributed by atoms with E-state index in [1.807, 2.05) is 25.1 Å². The monoisotopic (exact) mass is 409 g/mol. The lowest BCUT2D eigenvalue weighted by molar-refractivity contribution is -0.115. The molecule has 2 amide bonds. The van der Waals surface area contributed by atoms with Gasteiger partial charge in [-0.05, 0) is 52.7 Å². The summed E-state index contributed by atoms with van der Waals surface area (Å²) in [6.07, 6.45) is 0. The third-order valence-corrected chi connectivity index (χ3v) is 5.55. The molecule has 0 radical (unpaired) electrons. The third kappa shape index (κ3) is 3.95. The lowest BCUT2D eigenvalue weighted by Gasteiger charge is -2.03. The van der Waals surface area contributed by atoms with E-state index in [-0.39, 0.29) is 18.4 Å². The molecular formula is C15H12BrN3O2S2. The molecule has 23 heavy (non-hydrogen) atoms. The summed E-state index contributed by atoms with van der Waals surface area (Å²) >= 11 is 6.03. The molecule has 0 aliphatic carbocycles. The van der Waals surface area contributed by atoms with Crippen LogP contribution in [-0.4, -0.2) is 23.3 Å². The molecule has 8 heteroatoms. The zero-order valence-corrected chi connectivity index (χ0v) is 15.3. The number of aromatic nitrogens is 1. The van der Waals surface area contributed by atoms with Gasteiger partial charge in [-0.2, -0.15) is 0 Å². The van der Waals surface area contributed by atoms with Crippen LogP contribution in [0.4, 0.5) is 5.13 Å². The van der Waals surface area contributed by atoms with Gasteiger partial charge in [-0.25, -0.2) is 4.98 Å². The average molecular weight is 410 g/mol. The van der Waals surface area contributed by atoms with Crippen LogP contribution in [-0.2, 0) is 4.79 Å². The summed E-state index contributed by atoms with van der Waals surface area (Å²) in [5.41, 5.74) is 2.00. The summed E-state index contributed by atoms with van der Waals surface area (Å²) in [7, 11) is 0. The molecule has 2 heterocycles. The van der Waals surface area contributed by atoms with E-state index in [4.69, 9.17) is 0 Å². The Balaban J connectivity index is 1.59. The lowest BCUT2D eigenvalue weighted by atomic mass is 10.2. The highest BCUT2D eigenvalue weighted by Crippen LogP contribution is 2.26. The fraction of sp³-hybridized carbons (Fsp3) is 0.133. The summed E-state index contributed by atoms with van der Waals surface area (Å²) in [5.74, 6) is -0.569. The van der Waals surface area contributed by atoms with Crippen LogP contribution < -0.4 is 10.6 Å². The summed E-state index contributed by atoms with van der Waals surface area (Å²) < 4.78 is 1.89. The molecule has 0 saturated carbocycles. The number of hydrogen-bond acceptors (Lipinski definition) is 5. The first kappa shape index (κ1) is 16.1. The minimum Gasteiger partial charge on any atom is -0.342 e. The molecule has 1 aromatic carbocycles.